The summed E-state index contributed by atoms with van der Waals surface area (Å²) in [7, 11) is 0. The number of ether oxygens (including phenoxy) is 1. The number of unbranched alkanes of at least 4 members (excludes halogenated alkanes) is 12. The van der Waals surface area contributed by atoms with E-state index in [9.17, 15) is 25.2 Å². The first-order valence-electron chi connectivity index (χ1n) is 16.2. The van der Waals surface area contributed by atoms with Gasteiger partial charge in [0.05, 0.1) is 6.61 Å². The Balaban J connectivity index is 2.46. The number of nitrogens with zero attached hydrogens (tertiary/aromatic N) is 1. The van der Waals surface area contributed by atoms with Crippen molar-refractivity contribution < 1.29 is 30.0 Å². The Kier molecular flexibility index (Phi) is 20.9. The van der Waals surface area contributed by atoms with Crippen molar-refractivity contribution >= 4 is 5.91 Å². The zero-order valence-electron chi connectivity index (χ0n) is 25.3. The number of rotatable bonds is 23. The average molecular weight is 556 g/mol. The number of aliphatic hydroxyl groups excluding tert-OH is 4. The van der Waals surface area contributed by atoms with Crippen molar-refractivity contribution in [1.82, 2.24) is 4.90 Å². The van der Waals surface area contributed by atoms with Gasteiger partial charge in [0.2, 0.25) is 5.91 Å². The lowest BCUT2D eigenvalue weighted by atomic mass is 9.95. The third kappa shape index (κ3) is 14.5. The molecule has 0 aliphatic carbocycles. The zero-order valence-corrected chi connectivity index (χ0v) is 25.3. The summed E-state index contributed by atoms with van der Waals surface area (Å²) in [6.45, 7) is 6.43. The Morgan fingerprint density at radius 2 is 1.33 bits per heavy atom. The maximum atomic E-state index is 13.3. The topological polar surface area (TPSA) is 110 Å². The highest BCUT2D eigenvalue weighted by Gasteiger charge is 2.47. The lowest BCUT2D eigenvalue weighted by molar-refractivity contribution is -0.263. The lowest BCUT2D eigenvalue weighted by Gasteiger charge is -2.45. The predicted molar refractivity (Wildman–Crippen MR) is 158 cm³/mol. The highest BCUT2D eigenvalue weighted by molar-refractivity contribution is 5.76. The fourth-order valence-electron chi connectivity index (χ4n) is 5.37. The molecule has 6 atom stereocenters. The number of aliphatic hydroxyl groups is 4. The van der Waals surface area contributed by atoms with Crippen LogP contribution in [0.3, 0.4) is 0 Å². The molecule has 0 radical (unpaired) electrons. The molecule has 2 unspecified atom stereocenters. The van der Waals surface area contributed by atoms with E-state index in [4.69, 9.17) is 4.74 Å². The zero-order chi connectivity index (χ0) is 28.9. The van der Waals surface area contributed by atoms with Crippen molar-refractivity contribution in [2.45, 2.75) is 167 Å². The van der Waals surface area contributed by atoms with Gasteiger partial charge in [-0.05, 0) is 44.4 Å². The molecule has 7 nitrogen and oxygen atoms in total. The molecule has 0 aromatic carbocycles. The van der Waals surface area contributed by atoms with E-state index < -0.39 is 37.3 Å². The highest BCUT2D eigenvalue weighted by atomic mass is 16.6. The van der Waals surface area contributed by atoms with Crippen LogP contribution in [0.4, 0.5) is 0 Å². The molecule has 0 bridgehead atoms. The molecule has 0 aromatic rings. The van der Waals surface area contributed by atoms with Gasteiger partial charge in [-0.25, -0.2) is 0 Å². The van der Waals surface area contributed by atoms with Crippen molar-refractivity contribution in [1.29, 1.82) is 0 Å². The molecule has 1 aliphatic rings. The van der Waals surface area contributed by atoms with Crippen molar-refractivity contribution in [3.8, 4) is 0 Å². The summed E-state index contributed by atoms with van der Waals surface area (Å²) in [6, 6.07) is 0. The minimum atomic E-state index is -1.48. The maximum absolute atomic E-state index is 13.3. The van der Waals surface area contributed by atoms with Crippen molar-refractivity contribution in [3.63, 3.8) is 0 Å². The summed E-state index contributed by atoms with van der Waals surface area (Å²) in [5.74, 6) is 0.155. The van der Waals surface area contributed by atoms with Gasteiger partial charge in [-0.3, -0.25) is 4.79 Å². The molecule has 1 rings (SSSR count). The van der Waals surface area contributed by atoms with E-state index >= 15 is 0 Å². The molecule has 230 valence electrons. The molecule has 1 heterocycles. The Labute approximate surface area is 239 Å². The second-order valence-electron chi connectivity index (χ2n) is 11.5. The fourth-order valence-corrected chi connectivity index (χ4v) is 5.37. The summed E-state index contributed by atoms with van der Waals surface area (Å²) in [5, 5.41) is 40.8. The van der Waals surface area contributed by atoms with Crippen LogP contribution in [0.2, 0.25) is 0 Å². The Morgan fingerprint density at radius 3 is 1.90 bits per heavy atom. The van der Waals surface area contributed by atoms with Gasteiger partial charge < -0.3 is 30.1 Å². The molecule has 0 saturated carbocycles. The minimum Gasteiger partial charge on any atom is -0.394 e. The Hall–Kier alpha value is -0.990. The maximum Gasteiger partial charge on any atom is 0.224 e. The van der Waals surface area contributed by atoms with Crippen molar-refractivity contribution in [2.75, 3.05) is 13.2 Å². The molecule has 1 fully saturated rings. The van der Waals surface area contributed by atoms with E-state index in [2.05, 4.69) is 32.9 Å². The summed E-state index contributed by atoms with van der Waals surface area (Å²) in [6.07, 6.45) is 18.1. The second-order valence-corrected chi connectivity index (χ2v) is 11.5. The van der Waals surface area contributed by atoms with E-state index in [1.165, 1.54) is 51.4 Å². The smallest absolute Gasteiger partial charge is 0.224 e. The molecule has 1 aliphatic heterocycles. The lowest BCUT2D eigenvalue weighted by Crippen LogP contribution is -2.64. The van der Waals surface area contributed by atoms with E-state index in [-0.39, 0.29) is 11.8 Å². The van der Waals surface area contributed by atoms with Crippen molar-refractivity contribution in [3.05, 3.63) is 12.2 Å². The molecular weight excluding hydrogens is 494 g/mol. The van der Waals surface area contributed by atoms with Gasteiger partial charge >= 0.3 is 0 Å². The van der Waals surface area contributed by atoms with E-state index in [0.717, 1.165) is 57.8 Å². The third-order valence-electron chi connectivity index (χ3n) is 8.15. The number of hydrogen-bond acceptors (Lipinski definition) is 6. The molecule has 4 N–H and O–H groups in total. The van der Waals surface area contributed by atoms with Gasteiger partial charge in [0, 0.05) is 13.0 Å². The van der Waals surface area contributed by atoms with Gasteiger partial charge in [-0.2, -0.15) is 0 Å². The number of carbonyl (C=O) groups excluding carboxylic acids is 1. The standard InChI is InChI=1S/C32H61NO6/c1-4-7-9-10-11-12-13-14-15-16-17-18-19-20-21-23-28(35)33(24-26(6-3)22-8-5-2)32-31(38)30(37)29(36)27(25-34)39-32/h14-15,26-27,29-32,34,36-38H,4-13,16-25H2,1-3H3/t26?,27-,29-,30+,31-,32?/m1/s1. The predicted octanol–water partition coefficient (Wildman–Crippen LogP) is 5.87. The molecule has 1 saturated heterocycles. The summed E-state index contributed by atoms with van der Waals surface area (Å²) >= 11 is 0. The summed E-state index contributed by atoms with van der Waals surface area (Å²) in [5.41, 5.74) is 0. The Morgan fingerprint density at radius 1 is 0.769 bits per heavy atom. The highest BCUT2D eigenvalue weighted by Crippen LogP contribution is 2.27. The van der Waals surface area contributed by atoms with Gasteiger partial charge in [-0.1, -0.05) is 104 Å². The molecular formula is C32H61NO6. The summed E-state index contributed by atoms with van der Waals surface area (Å²) in [4.78, 5) is 14.9. The molecule has 0 aromatic heterocycles. The number of amides is 1. The SMILES string of the molecule is CCCCCCCCC=CCCCCCCCC(=O)N(CC(CC)CCCC)C1O[C@H](CO)[C@@H](O)[C@H](O)[C@H]1O. The van der Waals surface area contributed by atoms with Crippen LogP contribution in [-0.2, 0) is 9.53 Å². The Bertz CT molecular complexity index is 628. The molecule has 0 spiro atoms. The van der Waals surface area contributed by atoms with E-state index in [0.29, 0.717) is 13.0 Å². The van der Waals surface area contributed by atoms with Crippen molar-refractivity contribution in [2.24, 2.45) is 5.92 Å². The largest absolute Gasteiger partial charge is 0.394 e. The van der Waals surface area contributed by atoms with Crippen LogP contribution in [0.25, 0.3) is 0 Å². The van der Waals surface area contributed by atoms with Gasteiger partial charge in [-0.15, -0.1) is 0 Å². The first kappa shape index (κ1) is 36.0. The normalized spacial score (nSPS) is 24.3. The van der Waals surface area contributed by atoms with Crippen LogP contribution in [0.15, 0.2) is 12.2 Å². The second kappa shape index (κ2) is 22.7. The first-order valence-corrected chi connectivity index (χ1v) is 16.2. The van der Waals surface area contributed by atoms with Gasteiger partial charge in [0.1, 0.15) is 24.4 Å². The fraction of sp³-hybridized carbons (Fsp3) is 0.906. The van der Waals surface area contributed by atoms with Crippen LogP contribution < -0.4 is 0 Å². The van der Waals surface area contributed by atoms with Crippen LogP contribution in [0.1, 0.15) is 136 Å². The van der Waals surface area contributed by atoms with Crippen LogP contribution in [0, 0.1) is 5.92 Å². The van der Waals surface area contributed by atoms with Crippen LogP contribution in [0.5, 0.6) is 0 Å². The number of allylic oxidation sites excluding steroid dienone is 2. The van der Waals surface area contributed by atoms with Gasteiger partial charge in [0.15, 0.2) is 6.23 Å². The molecule has 7 heteroatoms. The quantitative estimate of drug-likeness (QED) is 0.0927. The third-order valence-corrected chi connectivity index (χ3v) is 8.15. The van der Waals surface area contributed by atoms with Crippen LogP contribution >= 0.6 is 0 Å². The first-order chi connectivity index (χ1) is 18.9. The average Bonchev–Trinajstić information content (AvgIpc) is 2.94. The van der Waals surface area contributed by atoms with E-state index in [1.807, 2.05) is 0 Å². The number of hydrogen-bond donors (Lipinski definition) is 4. The summed E-state index contributed by atoms with van der Waals surface area (Å²) < 4.78 is 5.78. The van der Waals surface area contributed by atoms with E-state index in [1.54, 1.807) is 4.90 Å². The number of carbonyl (C=O) groups is 1. The van der Waals surface area contributed by atoms with Crippen LogP contribution in [-0.4, -0.2) is 75.0 Å². The molecule has 39 heavy (non-hydrogen) atoms. The monoisotopic (exact) mass is 555 g/mol. The molecule has 1 amide bonds. The minimum absolute atomic E-state index is 0.105. The van der Waals surface area contributed by atoms with Gasteiger partial charge in [0.25, 0.3) is 0 Å².